The molecule has 1 aliphatic heterocycles. The summed E-state index contributed by atoms with van der Waals surface area (Å²) in [5, 5.41) is 8.26. The minimum absolute atomic E-state index is 0.00852. The first-order valence-corrected chi connectivity index (χ1v) is 14.5. The van der Waals surface area contributed by atoms with Crippen molar-refractivity contribution < 1.29 is 28.3 Å². The first kappa shape index (κ1) is 30.7. The molecule has 0 saturated heterocycles. The van der Waals surface area contributed by atoms with Crippen LogP contribution in [0, 0.1) is 5.41 Å². The Bertz CT molecular complexity index is 1600. The van der Waals surface area contributed by atoms with Crippen molar-refractivity contribution in [3.63, 3.8) is 0 Å². The van der Waals surface area contributed by atoms with Gasteiger partial charge in [-0.15, -0.1) is 0 Å². The van der Waals surface area contributed by atoms with Gasteiger partial charge in [-0.2, -0.15) is 0 Å². The smallest absolute Gasteiger partial charge is 0.338 e. The van der Waals surface area contributed by atoms with Crippen molar-refractivity contribution in [3.8, 4) is 0 Å². The summed E-state index contributed by atoms with van der Waals surface area (Å²) in [6.07, 6.45) is 3.95. The zero-order valence-electron chi connectivity index (χ0n) is 24.5. The number of rotatable bonds is 11. The number of hydrogen-bond acceptors (Lipinski definition) is 8. The summed E-state index contributed by atoms with van der Waals surface area (Å²) in [5.41, 5.74) is 4.48. The first-order chi connectivity index (χ1) is 20.1. The van der Waals surface area contributed by atoms with E-state index in [2.05, 4.69) is 16.0 Å². The van der Waals surface area contributed by atoms with E-state index in [1.165, 1.54) is 18.2 Å². The van der Waals surface area contributed by atoms with Gasteiger partial charge in [-0.1, -0.05) is 39.5 Å². The van der Waals surface area contributed by atoms with Gasteiger partial charge in [0.2, 0.25) is 11.3 Å². The van der Waals surface area contributed by atoms with Crippen LogP contribution in [0.15, 0.2) is 33.5 Å². The zero-order chi connectivity index (χ0) is 30.6. The van der Waals surface area contributed by atoms with Gasteiger partial charge in [-0.05, 0) is 51.0 Å². The third-order valence-electron chi connectivity index (χ3n) is 7.55. The summed E-state index contributed by atoms with van der Waals surface area (Å²) >= 11 is 0. The Hall–Kier alpha value is -4.25. The van der Waals surface area contributed by atoms with Crippen LogP contribution in [0.2, 0.25) is 0 Å². The number of nitrogens with one attached hydrogen (secondary N) is 3. The lowest BCUT2D eigenvalue weighted by Gasteiger charge is -2.35. The van der Waals surface area contributed by atoms with E-state index in [9.17, 15) is 24.0 Å². The average molecular weight is 579 g/mol. The van der Waals surface area contributed by atoms with Gasteiger partial charge in [0.1, 0.15) is 5.41 Å². The topological polar surface area (TPSA) is 170 Å². The van der Waals surface area contributed by atoms with Crippen molar-refractivity contribution in [2.45, 2.75) is 72.3 Å². The number of unbranched alkanes of at least 4 members (excludes halogenated alkanes) is 2. The van der Waals surface area contributed by atoms with Crippen molar-refractivity contribution in [3.05, 3.63) is 45.6 Å². The van der Waals surface area contributed by atoms with Crippen molar-refractivity contribution in [2.24, 2.45) is 11.1 Å². The number of anilines is 2. The number of urea groups is 1. The molecular formula is C31H38N4O7. The lowest BCUT2D eigenvalue weighted by molar-refractivity contribution is -0.124. The molecule has 5 N–H and O–H groups in total. The number of Topliss-reactive ketones (excluding diaryl/α,β-unsaturated/α-hetero) is 1. The predicted molar refractivity (Wildman–Crippen MR) is 161 cm³/mol. The summed E-state index contributed by atoms with van der Waals surface area (Å²) in [4.78, 5) is 66.6. The monoisotopic (exact) mass is 578 g/mol. The van der Waals surface area contributed by atoms with Gasteiger partial charge in [-0.3, -0.25) is 14.4 Å². The normalized spacial score (nSPS) is 14.8. The van der Waals surface area contributed by atoms with Crippen LogP contribution >= 0.6 is 0 Å². The molecular weight excluding hydrogens is 540 g/mol. The largest absolute Gasteiger partial charge is 0.462 e. The number of carbonyl (C=O) groups excluding carboxylic acids is 4. The molecule has 0 unspecified atom stereocenters. The Morgan fingerprint density at radius 1 is 1.02 bits per heavy atom. The number of hydrogen-bond donors (Lipinski definition) is 4. The molecule has 42 heavy (non-hydrogen) atoms. The van der Waals surface area contributed by atoms with Crippen molar-refractivity contribution >= 4 is 57.0 Å². The first-order valence-electron chi connectivity index (χ1n) is 14.5. The van der Waals surface area contributed by atoms with Crippen molar-refractivity contribution in [2.75, 3.05) is 23.8 Å². The maximum absolute atomic E-state index is 14.0. The quantitative estimate of drug-likeness (QED) is 0.138. The van der Waals surface area contributed by atoms with Crippen LogP contribution in [0.25, 0.3) is 21.9 Å². The van der Waals surface area contributed by atoms with E-state index >= 15 is 0 Å². The van der Waals surface area contributed by atoms with Crippen LogP contribution in [0.4, 0.5) is 16.2 Å². The van der Waals surface area contributed by atoms with E-state index < -0.39 is 28.8 Å². The van der Waals surface area contributed by atoms with E-state index in [1.807, 2.05) is 13.8 Å². The minimum Gasteiger partial charge on any atom is -0.462 e. The molecule has 11 heteroatoms. The third-order valence-corrected chi connectivity index (χ3v) is 7.55. The highest BCUT2D eigenvalue weighted by molar-refractivity contribution is 6.27. The summed E-state index contributed by atoms with van der Waals surface area (Å²) < 4.78 is 11.3. The summed E-state index contributed by atoms with van der Waals surface area (Å²) in [6.45, 7) is 7.68. The highest BCUT2D eigenvalue weighted by atomic mass is 16.5. The Kier molecular flexibility index (Phi) is 9.30. The number of fused-ring (bicyclic) bond motifs is 4. The van der Waals surface area contributed by atoms with Crippen LogP contribution in [0.5, 0.6) is 0 Å². The van der Waals surface area contributed by atoms with Gasteiger partial charge >= 0.3 is 12.0 Å². The van der Waals surface area contributed by atoms with Gasteiger partial charge in [0.25, 0.3) is 0 Å². The second-order valence-corrected chi connectivity index (χ2v) is 10.8. The van der Waals surface area contributed by atoms with Crippen LogP contribution in [-0.4, -0.2) is 42.9 Å². The van der Waals surface area contributed by atoms with Gasteiger partial charge in [0, 0.05) is 18.2 Å². The van der Waals surface area contributed by atoms with E-state index in [-0.39, 0.29) is 69.4 Å². The molecule has 0 spiro atoms. The number of carbonyl (C=O) groups is 4. The standard InChI is InChI=1S/C31H38N4O7/c1-5-8-12-31(13-9-6-2)27(37)19-10-11-20-24(36)21-14-18(28(38)41-7-3)15-22(34-30(40)33-16-17(4)32)25(21)42-26(20)23(19)35-29(31)39/h10-11,14-15,17H,5-9,12-13,16,32H2,1-4H3,(H,35,39)(H2,33,34,40)/t17-/m1/s1. The maximum Gasteiger partial charge on any atom is 0.338 e. The molecule has 1 aliphatic rings. The molecule has 0 bridgehead atoms. The third kappa shape index (κ3) is 5.74. The number of benzene rings is 2. The van der Waals surface area contributed by atoms with Gasteiger partial charge in [-0.25, -0.2) is 9.59 Å². The lowest BCUT2D eigenvalue weighted by atomic mass is 9.69. The van der Waals surface area contributed by atoms with Gasteiger partial charge in [0.15, 0.2) is 16.9 Å². The molecule has 1 atom stereocenters. The fraction of sp³-hybridized carbons (Fsp3) is 0.452. The highest BCUT2D eigenvalue weighted by Crippen LogP contribution is 2.44. The van der Waals surface area contributed by atoms with Crippen LogP contribution in [0.1, 0.15) is 86.9 Å². The van der Waals surface area contributed by atoms with E-state index in [4.69, 9.17) is 14.9 Å². The second kappa shape index (κ2) is 12.7. The zero-order valence-corrected chi connectivity index (χ0v) is 24.5. The Balaban J connectivity index is 1.93. The molecule has 224 valence electrons. The fourth-order valence-corrected chi connectivity index (χ4v) is 5.31. The molecule has 3 aromatic rings. The van der Waals surface area contributed by atoms with Gasteiger partial charge in [0.05, 0.1) is 34.3 Å². The molecule has 2 aromatic carbocycles. The SMILES string of the molecule is CCCCC1(CCCC)C(=O)Nc2c(ccc3c(=O)c4cc(C(=O)OCC)cc(NC(=O)NC[C@@H](C)N)c4oc23)C1=O. The Morgan fingerprint density at radius 2 is 1.71 bits per heavy atom. The van der Waals surface area contributed by atoms with Crippen LogP contribution in [-0.2, 0) is 9.53 Å². The number of ether oxygens (including phenoxy) is 1. The van der Waals surface area contributed by atoms with Crippen LogP contribution < -0.4 is 27.1 Å². The molecule has 0 fully saturated rings. The lowest BCUT2D eigenvalue weighted by Crippen LogP contribution is -2.47. The molecule has 2 heterocycles. The molecule has 1 aromatic heterocycles. The fourth-order valence-electron chi connectivity index (χ4n) is 5.31. The molecule has 0 saturated carbocycles. The molecule has 0 aliphatic carbocycles. The number of nitrogens with two attached hydrogens (primary N) is 1. The van der Waals surface area contributed by atoms with Crippen molar-refractivity contribution in [1.29, 1.82) is 0 Å². The molecule has 11 nitrogen and oxygen atoms in total. The Labute approximate surface area is 243 Å². The van der Waals surface area contributed by atoms with E-state index in [0.717, 1.165) is 12.8 Å². The molecule has 4 rings (SSSR count). The van der Waals surface area contributed by atoms with Crippen molar-refractivity contribution in [1.82, 2.24) is 5.32 Å². The summed E-state index contributed by atoms with van der Waals surface area (Å²) in [7, 11) is 0. The molecule has 0 radical (unpaired) electrons. The highest BCUT2D eigenvalue weighted by Gasteiger charge is 2.49. The number of esters is 1. The van der Waals surface area contributed by atoms with E-state index in [0.29, 0.717) is 25.7 Å². The average Bonchev–Trinajstić information content (AvgIpc) is 2.96. The molecule has 3 amide bonds. The summed E-state index contributed by atoms with van der Waals surface area (Å²) in [5.74, 6) is -1.39. The van der Waals surface area contributed by atoms with Gasteiger partial charge < -0.3 is 30.8 Å². The predicted octanol–water partition coefficient (Wildman–Crippen LogP) is 5.09. The van der Waals surface area contributed by atoms with Crippen LogP contribution in [0.3, 0.4) is 0 Å². The number of ketones is 1. The second-order valence-electron chi connectivity index (χ2n) is 10.8. The number of amides is 3. The minimum atomic E-state index is -1.19. The Morgan fingerprint density at radius 3 is 2.33 bits per heavy atom. The van der Waals surface area contributed by atoms with E-state index in [1.54, 1.807) is 19.9 Å². The summed E-state index contributed by atoms with van der Waals surface area (Å²) in [6, 6.07) is 4.79. The maximum atomic E-state index is 14.0.